The highest BCUT2D eigenvalue weighted by molar-refractivity contribution is 9.10. The highest BCUT2D eigenvalue weighted by atomic mass is 79.9. The van der Waals surface area contributed by atoms with Crippen LogP contribution in [0, 0.1) is 0 Å². The average molecular weight is 235 g/mol. The SMILES string of the molecule is O=C(O)c1nc(Br)[nH]c1C(=O)O. The Kier molecular flexibility index (Phi) is 2.13. The van der Waals surface area contributed by atoms with Gasteiger partial charge in [-0.25, -0.2) is 14.6 Å². The second kappa shape index (κ2) is 2.94. The second-order valence-electron chi connectivity index (χ2n) is 1.86. The predicted molar refractivity (Wildman–Crippen MR) is 40.2 cm³/mol. The molecule has 1 heterocycles. The minimum Gasteiger partial charge on any atom is -0.477 e. The summed E-state index contributed by atoms with van der Waals surface area (Å²) >= 11 is 2.83. The Morgan fingerprint density at radius 1 is 1.33 bits per heavy atom. The first-order valence-corrected chi connectivity index (χ1v) is 3.53. The van der Waals surface area contributed by atoms with E-state index >= 15 is 0 Å². The summed E-state index contributed by atoms with van der Waals surface area (Å²) in [7, 11) is 0. The minimum absolute atomic E-state index is 0.0808. The van der Waals surface area contributed by atoms with E-state index in [0.717, 1.165) is 0 Å². The van der Waals surface area contributed by atoms with Crippen molar-refractivity contribution in [1.82, 2.24) is 9.97 Å². The Morgan fingerprint density at radius 3 is 2.25 bits per heavy atom. The van der Waals surface area contributed by atoms with Gasteiger partial charge >= 0.3 is 11.9 Å². The fourth-order valence-corrected chi connectivity index (χ4v) is 1.03. The van der Waals surface area contributed by atoms with Crippen molar-refractivity contribution in [3.8, 4) is 0 Å². The van der Waals surface area contributed by atoms with Crippen molar-refractivity contribution < 1.29 is 19.8 Å². The Bertz CT molecular complexity index is 314. The molecule has 0 bridgehead atoms. The summed E-state index contributed by atoms with van der Waals surface area (Å²) in [6.07, 6.45) is 0. The maximum Gasteiger partial charge on any atom is 0.357 e. The Hall–Kier alpha value is -1.37. The molecule has 0 amide bonds. The molecule has 0 unspecified atom stereocenters. The first kappa shape index (κ1) is 8.72. The van der Waals surface area contributed by atoms with E-state index in [1.54, 1.807) is 0 Å². The topological polar surface area (TPSA) is 103 Å². The number of halogens is 1. The number of aromatic amines is 1. The third-order valence-electron chi connectivity index (χ3n) is 1.09. The normalized spacial score (nSPS) is 9.75. The molecule has 7 heteroatoms. The van der Waals surface area contributed by atoms with Crippen molar-refractivity contribution in [3.05, 3.63) is 16.1 Å². The number of nitrogens with one attached hydrogen (secondary N) is 1. The Labute approximate surface area is 74.4 Å². The second-order valence-corrected chi connectivity index (χ2v) is 2.61. The lowest BCUT2D eigenvalue weighted by molar-refractivity contribution is 0.0644. The summed E-state index contributed by atoms with van der Waals surface area (Å²) in [5, 5.41) is 16.9. The summed E-state index contributed by atoms with van der Waals surface area (Å²) in [5.41, 5.74) is -0.941. The molecule has 0 radical (unpaired) electrons. The number of carboxylic acid groups (broad SMARTS) is 2. The first-order chi connectivity index (χ1) is 5.52. The van der Waals surface area contributed by atoms with Crippen LogP contribution in [0.2, 0.25) is 0 Å². The highest BCUT2D eigenvalue weighted by Gasteiger charge is 2.20. The number of nitrogens with zero attached hydrogens (tertiary/aromatic N) is 1. The molecule has 0 aliphatic carbocycles. The van der Waals surface area contributed by atoms with Crippen molar-refractivity contribution in [2.45, 2.75) is 0 Å². The molecular formula is C5H3BrN2O4. The van der Waals surface area contributed by atoms with Gasteiger partial charge in [0.25, 0.3) is 0 Å². The van der Waals surface area contributed by atoms with Crippen molar-refractivity contribution in [3.63, 3.8) is 0 Å². The third kappa shape index (κ3) is 1.45. The van der Waals surface area contributed by atoms with Gasteiger partial charge in [-0.05, 0) is 15.9 Å². The molecule has 6 nitrogen and oxygen atoms in total. The summed E-state index contributed by atoms with van der Waals surface area (Å²) in [6, 6.07) is 0. The van der Waals surface area contributed by atoms with Crippen LogP contribution < -0.4 is 0 Å². The van der Waals surface area contributed by atoms with Gasteiger partial charge in [-0.2, -0.15) is 0 Å². The van der Waals surface area contributed by atoms with Gasteiger partial charge in [0.1, 0.15) is 0 Å². The van der Waals surface area contributed by atoms with E-state index in [2.05, 4.69) is 25.9 Å². The smallest absolute Gasteiger partial charge is 0.357 e. The van der Waals surface area contributed by atoms with E-state index < -0.39 is 23.3 Å². The van der Waals surface area contributed by atoms with E-state index in [0.29, 0.717) is 0 Å². The fourth-order valence-electron chi connectivity index (χ4n) is 0.654. The minimum atomic E-state index is -1.38. The van der Waals surface area contributed by atoms with Gasteiger partial charge in [0.2, 0.25) is 0 Å². The number of aromatic carboxylic acids is 2. The van der Waals surface area contributed by atoms with Gasteiger partial charge in [0.05, 0.1) is 0 Å². The summed E-state index contributed by atoms with van der Waals surface area (Å²) in [5.74, 6) is -2.74. The van der Waals surface area contributed by atoms with E-state index in [1.807, 2.05) is 0 Å². The van der Waals surface area contributed by atoms with Crippen molar-refractivity contribution in [2.75, 3.05) is 0 Å². The monoisotopic (exact) mass is 234 g/mol. The van der Waals surface area contributed by atoms with Gasteiger partial charge in [0.15, 0.2) is 16.1 Å². The van der Waals surface area contributed by atoms with Crippen LogP contribution in [0.15, 0.2) is 4.73 Å². The molecule has 1 aromatic heterocycles. The molecule has 0 aromatic carbocycles. The van der Waals surface area contributed by atoms with Crippen LogP contribution in [-0.2, 0) is 0 Å². The molecule has 64 valence electrons. The average Bonchev–Trinajstić information content (AvgIpc) is 2.31. The van der Waals surface area contributed by atoms with Crippen molar-refractivity contribution in [1.29, 1.82) is 0 Å². The zero-order valence-electron chi connectivity index (χ0n) is 5.54. The molecule has 0 atom stereocenters. The lowest BCUT2D eigenvalue weighted by Gasteiger charge is -1.88. The van der Waals surface area contributed by atoms with Crippen LogP contribution in [0.5, 0.6) is 0 Å². The number of carboxylic acids is 2. The molecule has 0 saturated carbocycles. The van der Waals surface area contributed by atoms with Gasteiger partial charge in [-0.15, -0.1) is 0 Å². The van der Waals surface area contributed by atoms with E-state index in [4.69, 9.17) is 10.2 Å². The van der Waals surface area contributed by atoms with Crippen LogP contribution in [0.1, 0.15) is 21.0 Å². The molecule has 1 aromatic rings. The zero-order valence-corrected chi connectivity index (χ0v) is 7.12. The standard InChI is InChI=1S/C5H3BrN2O4/c6-5-7-1(3(9)10)2(8-5)4(11)12/h(H,7,8)(H,9,10)(H,11,12). The maximum absolute atomic E-state index is 10.4. The Morgan fingerprint density at radius 2 is 1.92 bits per heavy atom. The van der Waals surface area contributed by atoms with Crippen LogP contribution in [0.25, 0.3) is 0 Å². The molecule has 3 N–H and O–H groups in total. The molecule has 12 heavy (non-hydrogen) atoms. The molecule has 1 rings (SSSR count). The molecular weight excluding hydrogens is 232 g/mol. The number of rotatable bonds is 2. The summed E-state index contributed by atoms with van der Waals surface area (Å²) in [4.78, 5) is 26.4. The molecule has 0 aliphatic rings. The molecule has 0 aliphatic heterocycles. The van der Waals surface area contributed by atoms with E-state index in [9.17, 15) is 9.59 Å². The number of aromatic nitrogens is 2. The van der Waals surface area contributed by atoms with E-state index in [1.165, 1.54) is 0 Å². The van der Waals surface area contributed by atoms with Gasteiger partial charge in [-0.3, -0.25) is 0 Å². The number of hydrogen-bond acceptors (Lipinski definition) is 3. The Balaban J connectivity index is 3.26. The predicted octanol–water partition coefficient (Wildman–Crippen LogP) is 0.569. The molecule has 0 fully saturated rings. The number of hydrogen-bond donors (Lipinski definition) is 3. The van der Waals surface area contributed by atoms with Crippen LogP contribution in [0.3, 0.4) is 0 Å². The maximum atomic E-state index is 10.4. The van der Waals surface area contributed by atoms with Gasteiger partial charge in [0, 0.05) is 0 Å². The van der Waals surface area contributed by atoms with Gasteiger partial charge in [-0.1, -0.05) is 0 Å². The summed E-state index contributed by atoms with van der Waals surface area (Å²) in [6.45, 7) is 0. The van der Waals surface area contributed by atoms with Crippen LogP contribution in [-0.4, -0.2) is 32.1 Å². The summed E-state index contributed by atoms with van der Waals surface area (Å²) < 4.78 is 0.0808. The number of imidazole rings is 1. The zero-order chi connectivity index (χ0) is 9.30. The lowest BCUT2D eigenvalue weighted by Crippen LogP contribution is -2.07. The van der Waals surface area contributed by atoms with Crippen molar-refractivity contribution >= 4 is 27.9 Å². The molecule has 0 spiro atoms. The molecule has 0 saturated heterocycles. The third-order valence-corrected chi connectivity index (χ3v) is 1.47. The largest absolute Gasteiger partial charge is 0.477 e. The highest BCUT2D eigenvalue weighted by Crippen LogP contribution is 2.10. The van der Waals surface area contributed by atoms with E-state index in [-0.39, 0.29) is 4.73 Å². The fraction of sp³-hybridized carbons (Fsp3) is 0. The number of carbonyl (C=O) groups is 2. The van der Waals surface area contributed by atoms with Gasteiger partial charge < -0.3 is 15.2 Å². The van der Waals surface area contributed by atoms with Crippen LogP contribution in [0.4, 0.5) is 0 Å². The number of H-pyrrole nitrogens is 1. The lowest BCUT2D eigenvalue weighted by atomic mass is 10.3. The van der Waals surface area contributed by atoms with Crippen LogP contribution >= 0.6 is 15.9 Å². The van der Waals surface area contributed by atoms with Crippen molar-refractivity contribution in [2.24, 2.45) is 0 Å². The first-order valence-electron chi connectivity index (χ1n) is 2.74. The quantitative estimate of drug-likeness (QED) is 0.695.